The van der Waals surface area contributed by atoms with Gasteiger partial charge in [0.05, 0.1) is 0 Å². The SMILES string of the molecule is Cc1ccccc1NC(=O)Nc1ncc(CCN2CCN(CCCN)CC2)c(=O)[nH]1. The molecule has 1 fully saturated rings. The van der Waals surface area contributed by atoms with Gasteiger partial charge in [0.25, 0.3) is 5.56 Å². The molecule has 1 saturated heterocycles. The Labute approximate surface area is 176 Å². The zero-order valence-electron chi connectivity index (χ0n) is 17.5. The van der Waals surface area contributed by atoms with Gasteiger partial charge in [0.15, 0.2) is 0 Å². The number of rotatable bonds is 8. The van der Waals surface area contributed by atoms with Gasteiger partial charge in [-0.3, -0.25) is 15.1 Å². The summed E-state index contributed by atoms with van der Waals surface area (Å²) < 4.78 is 0. The minimum absolute atomic E-state index is 0.128. The van der Waals surface area contributed by atoms with Gasteiger partial charge >= 0.3 is 6.03 Å². The first-order chi connectivity index (χ1) is 14.5. The number of carbonyl (C=O) groups excluding carboxylic acids is 1. The van der Waals surface area contributed by atoms with Crippen LogP contribution in [0.3, 0.4) is 0 Å². The number of hydrogen-bond donors (Lipinski definition) is 4. The molecule has 2 aromatic rings. The fourth-order valence-corrected chi connectivity index (χ4v) is 3.47. The van der Waals surface area contributed by atoms with E-state index in [1.807, 2.05) is 31.2 Å². The number of para-hydroxylation sites is 1. The molecular formula is C21H31N7O2. The predicted molar refractivity (Wildman–Crippen MR) is 119 cm³/mol. The number of piperazine rings is 1. The molecule has 0 saturated carbocycles. The summed E-state index contributed by atoms with van der Waals surface area (Å²) in [4.78, 5) is 36.2. The van der Waals surface area contributed by atoms with Gasteiger partial charge in [-0.05, 0) is 44.5 Å². The summed E-state index contributed by atoms with van der Waals surface area (Å²) in [5.41, 5.74) is 7.62. The van der Waals surface area contributed by atoms with Gasteiger partial charge in [-0.25, -0.2) is 9.78 Å². The number of benzene rings is 1. The standard InChI is InChI=1S/C21H31N7O2/c1-16-5-2-3-6-18(16)24-21(30)26-20-23-15-17(19(29)25-20)7-10-28-13-11-27(12-14-28)9-4-8-22/h2-3,5-6,15H,4,7-14,22H2,1H3,(H3,23,24,25,26,29,30). The highest BCUT2D eigenvalue weighted by atomic mass is 16.2. The van der Waals surface area contributed by atoms with E-state index in [2.05, 4.69) is 30.4 Å². The van der Waals surface area contributed by atoms with E-state index in [1.165, 1.54) is 0 Å². The number of anilines is 2. The molecule has 30 heavy (non-hydrogen) atoms. The summed E-state index contributed by atoms with van der Waals surface area (Å²) in [5.74, 6) is 0.128. The summed E-state index contributed by atoms with van der Waals surface area (Å²) in [6, 6.07) is 7.01. The first-order valence-corrected chi connectivity index (χ1v) is 10.4. The molecule has 162 valence electrons. The molecule has 3 rings (SSSR count). The van der Waals surface area contributed by atoms with Gasteiger partial charge in [0.2, 0.25) is 5.95 Å². The van der Waals surface area contributed by atoms with Crippen LogP contribution in [-0.2, 0) is 6.42 Å². The molecule has 0 radical (unpaired) electrons. The highest BCUT2D eigenvalue weighted by Gasteiger charge is 2.16. The van der Waals surface area contributed by atoms with Crippen LogP contribution in [0.4, 0.5) is 16.4 Å². The Hall–Kier alpha value is -2.75. The predicted octanol–water partition coefficient (Wildman–Crippen LogP) is 1.23. The van der Waals surface area contributed by atoms with Crippen LogP contribution < -0.4 is 21.9 Å². The minimum Gasteiger partial charge on any atom is -0.330 e. The van der Waals surface area contributed by atoms with E-state index < -0.39 is 6.03 Å². The van der Waals surface area contributed by atoms with Crippen LogP contribution in [0.25, 0.3) is 0 Å². The van der Waals surface area contributed by atoms with E-state index in [4.69, 9.17) is 5.73 Å². The van der Waals surface area contributed by atoms with Crippen molar-refractivity contribution in [1.29, 1.82) is 0 Å². The summed E-state index contributed by atoms with van der Waals surface area (Å²) in [5, 5.41) is 5.32. The number of urea groups is 1. The second-order valence-electron chi connectivity index (χ2n) is 7.56. The molecular weight excluding hydrogens is 382 g/mol. The van der Waals surface area contributed by atoms with Gasteiger partial charge in [0, 0.05) is 50.2 Å². The number of hydrogen-bond acceptors (Lipinski definition) is 6. The van der Waals surface area contributed by atoms with E-state index in [0.717, 1.165) is 57.8 Å². The number of amides is 2. The zero-order chi connectivity index (χ0) is 21.3. The van der Waals surface area contributed by atoms with Crippen molar-refractivity contribution in [2.75, 3.05) is 56.4 Å². The first-order valence-electron chi connectivity index (χ1n) is 10.4. The number of carbonyl (C=O) groups is 1. The molecule has 2 heterocycles. The molecule has 1 aliphatic heterocycles. The first kappa shape index (κ1) is 21.9. The number of aromatic amines is 1. The minimum atomic E-state index is -0.451. The maximum atomic E-state index is 12.4. The van der Waals surface area contributed by atoms with E-state index in [-0.39, 0.29) is 11.5 Å². The molecule has 5 N–H and O–H groups in total. The molecule has 0 unspecified atom stereocenters. The van der Waals surface area contributed by atoms with Crippen LogP contribution in [0.5, 0.6) is 0 Å². The van der Waals surface area contributed by atoms with Gasteiger partial charge < -0.3 is 20.9 Å². The third-order valence-corrected chi connectivity index (χ3v) is 5.34. The van der Waals surface area contributed by atoms with Crippen molar-refractivity contribution in [2.24, 2.45) is 5.73 Å². The number of nitrogens with two attached hydrogens (primary N) is 1. The van der Waals surface area contributed by atoms with Crippen molar-refractivity contribution in [2.45, 2.75) is 19.8 Å². The smallest absolute Gasteiger partial charge is 0.326 e. The van der Waals surface area contributed by atoms with Crippen molar-refractivity contribution in [3.8, 4) is 0 Å². The van der Waals surface area contributed by atoms with Crippen LogP contribution in [0.15, 0.2) is 35.3 Å². The van der Waals surface area contributed by atoms with Gasteiger partial charge in [0.1, 0.15) is 0 Å². The van der Waals surface area contributed by atoms with Crippen molar-refractivity contribution in [3.05, 3.63) is 51.9 Å². The van der Waals surface area contributed by atoms with Crippen LogP contribution in [0.1, 0.15) is 17.5 Å². The Morgan fingerprint density at radius 3 is 2.50 bits per heavy atom. The maximum Gasteiger partial charge on any atom is 0.326 e. The summed E-state index contributed by atoms with van der Waals surface area (Å²) >= 11 is 0. The topological polar surface area (TPSA) is 119 Å². The number of aryl methyl sites for hydroxylation is 1. The lowest BCUT2D eigenvalue weighted by atomic mass is 10.2. The van der Waals surface area contributed by atoms with Gasteiger partial charge in [-0.1, -0.05) is 18.2 Å². The molecule has 0 aliphatic carbocycles. The average Bonchev–Trinajstić information content (AvgIpc) is 2.74. The fourth-order valence-electron chi connectivity index (χ4n) is 3.47. The molecule has 1 aromatic carbocycles. The van der Waals surface area contributed by atoms with Crippen molar-refractivity contribution in [1.82, 2.24) is 19.8 Å². The van der Waals surface area contributed by atoms with E-state index >= 15 is 0 Å². The van der Waals surface area contributed by atoms with Crippen LogP contribution in [-0.4, -0.2) is 71.6 Å². The number of nitrogens with zero attached hydrogens (tertiary/aromatic N) is 3. The Bertz CT molecular complexity index is 891. The van der Waals surface area contributed by atoms with Gasteiger partial charge in [-0.15, -0.1) is 0 Å². The lowest BCUT2D eigenvalue weighted by Gasteiger charge is -2.34. The normalized spacial score (nSPS) is 15.1. The summed E-state index contributed by atoms with van der Waals surface area (Å²) in [7, 11) is 0. The van der Waals surface area contributed by atoms with Crippen molar-refractivity contribution in [3.63, 3.8) is 0 Å². The highest BCUT2D eigenvalue weighted by Crippen LogP contribution is 2.13. The highest BCUT2D eigenvalue weighted by molar-refractivity contribution is 5.99. The average molecular weight is 414 g/mol. The van der Waals surface area contributed by atoms with Crippen LogP contribution in [0, 0.1) is 6.92 Å². The molecule has 1 aromatic heterocycles. The number of H-pyrrole nitrogens is 1. The Balaban J connectivity index is 1.47. The number of aromatic nitrogens is 2. The number of nitrogens with one attached hydrogen (secondary N) is 3. The van der Waals surface area contributed by atoms with Crippen LogP contribution in [0.2, 0.25) is 0 Å². The second-order valence-corrected chi connectivity index (χ2v) is 7.56. The molecule has 9 nitrogen and oxygen atoms in total. The third-order valence-electron chi connectivity index (χ3n) is 5.34. The lowest BCUT2D eigenvalue weighted by Crippen LogP contribution is -2.47. The van der Waals surface area contributed by atoms with E-state index in [0.29, 0.717) is 17.7 Å². The zero-order valence-corrected chi connectivity index (χ0v) is 17.5. The summed E-state index contributed by atoms with van der Waals surface area (Å²) in [6.45, 7) is 8.57. The molecule has 9 heteroatoms. The quantitative estimate of drug-likeness (QED) is 0.517. The molecule has 0 bridgehead atoms. The largest absolute Gasteiger partial charge is 0.330 e. The van der Waals surface area contributed by atoms with E-state index in [1.54, 1.807) is 6.20 Å². The Morgan fingerprint density at radius 1 is 1.13 bits per heavy atom. The molecule has 0 atom stereocenters. The summed E-state index contributed by atoms with van der Waals surface area (Å²) in [6.07, 6.45) is 3.20. The monoisotopic (exact) mass is 413 g/mol. The Kier molecular flexibility index (Phi) is 7.95. The van der Waals surface area contributed by atoms with Crippen molar-refractivity contribution >= 4 is 17.7 Å². The molecule has 2 amide bonds. The Morgan fingerprint density at radius 2 is 1.83 bits per heavy atom. The second kappa shape index (κ2) is 10.9. The molecule has 1 aliphatic rings. The van der Waals surface area contributed by atoms with Crippen LogP contribution >= 0.6 is 0 Å². The lowest BCUT2D eigenvalue weighted by molar-refractivity contribution is 0.133. The van der Waals surface area contributed by atoms with Gasteiger partial charge in [-0.2, -0.15) is 0 Å². The fraction of sp³-hybridized carbons (Fsp3) is 0.476. The third kappa shape index (κ3) is 6.38. The van der Waals surface area contributed by atoms with E-state index in [9.17, 15) is 9.59 Å². The van der Waals surface area contributed by atoms with Crippen molar-refractivity contribution < 1.29 is 4.79 Å². The maximum absolute atomic E-state index is 12.4. The molecule has 0 spiro atoms.